The van der Waals surface area contributed by atoms with Gasteiger partial charge < -0.3 is 10.5 Å². The van der Waals surface area contributed by atoms with Crippen LogP contribution in [-0.4, -0.2) is 35.5 Å². The van der Waals surface area contributed by atoms with Crippen molar-refractivity contribution in [1.29, 1.82) is 0 Å². The summed E-state index contributed by atoms with van der Waals surface area (Å²) in [5.41, 5.74) is 9.85. The first-order valence-electron chi connectivity index (χ1n) is 9.44. The van der Waals surface area contributed by atoms with Crippen molar-refractivity contribution in [3.05, 3.63) is 89.6 Å². The third-order valence-corrected chi connectivity index (χ3v) is 4.97. The second-order valence-corrected chi connectivity index (χ2v) is 6.97. The first-order chi connectivity index (χ1) is 13.7. The topological polar surface area (TPSA) is 68.5 Å². The Labute approximate surface area is 164 Å². The van der Waals surface area contributed by atoms with Crippen LogP contribution < -0.4 is 5.73 Å². The molecule has 0 saturated carbocycles. The Bertz CT molecular complexity index is 942. The first-order valence-corrected chi connectivity index (χ1v) is 9.44. The zero-order valence-electron chi connectivity index (χ0n) is 15.6. The molecule has 1 saturated heterocycles. The predicted octanol–water partition coefficient (Wildman–Crippen LogP) is 3.42. The molecule has 3 aromatic rings. The van der Waals surface area contributed by atoms with Crippen molar-refractivity contribution in [2.24, 2.45) is 5.73 Å². The molecule has 142 valence electrons. The minimum atomic E-state index is -0.428. The molecule has 5 heteroatoms. The summed E-state index contributed by atoms with van der Waals surface area (Å²) in [5, 5.41) is 0. The molecule has 1 atom stereocenters. The summed E-state index contributed by atoms with van der Waals surface area (Å²) in [7, 11) is 0. The van der Waals surface area contributed by atoms with E-state index in [2.05, 4.69) is 29.2 Å². The van der Waals surface area contributed by atoms with Gasteiger partial charge >= 0.3 is 0 Å². The largest absolute Gasteiger partial charge is 0.369 e. The highest BCUT2D eigenvalue weighted by molar-refractivity contribution is 5.93. The number of carbonyl (C=O) groups is 1. The number of primary amides is 1. The number of hydrogen-bond acceptors (Lipinski definition) is 4. The van der Waals surface area contributed by atoms with Crippen LogP contribution in [-0.2, 0) is 11.3 Å². The molecule has 1 aromatic heterocycles. The van der Waals surface area contributed by atoms with Gasteiger partial charge in [-0.05, 0) is 29.8 Å². The van der Waals surface area contributed by atoms with Crippen LogP contribution in [0.5, 0.6) is 0 Å². The van der Waals surface area contributed by atoms with E-state index in [1.165, 1.54) is 5.56 Å². The maximum absolute atomic E-state index is 11.3. The minimum Gasteiger partial charge on any atom is -0.369 e. The van der Waals surface area contributed by atoms with Crippen molar-refractivity contribution in [1.82, 2.24) is 9.88 Å². The van der Waals surface area contributed by atoms with Crippen LogP contribution in [0.4, 0.5) is 0 Å². The molecule has 28 heavy (non-hydrogen) atoms. The number of benzene rings is 2. The van der Waals surface area contributed by atoms with Crippen LogP contribution in [0.25, 0.3) is 11.3 Å². The smallest absolute Gasteiger partial charge is 0.248 e. The van der Waals surface area contributed by atoms with E-state index in [0.29, 0.717) is 12.2 Å². The monoisotopic (exact) mass is 373 g/mol. The molecule has 1 aliphatic heterocycles. The summed E-state index contributed by atoms with van der Waals surface area (Å²) >= 11 is 0. The normalized spacial score (nSPS) is 17.4. The molecule has 2 N–H and O–H groups in total. The number of aromatic nitrogens is 1. The van der Waals surface area contributed by atoms with Gasteiger partial charge in [0.2, 0.25) is 5.91 Å². The van der Waals surface area contributed by atoms with Gasteiger partial charge in [-0.25, -0.2) is 0 Å². The highest BCUT2D eigenvalue weighted by Crippen LogP contribution is 2.25. The Kier molecular flexibility index (Phi) is 5.46. The lowest BCUT2D eigenvalue weighted by Crippen LogP contribution is -2.38. The first kappa shape index (κ1) is 18.3. The van der Waals surface area contributed by atoms with Crippen molar-refractivity contribution in [2.45, 2.75) is 12.6 Å². The van der Waals surface area contributed by atoms with Gasteiger partial charge in [0.25, 0.3) is 0 Å². The number of amides is 1. The molecule has 1 fully saturated rings. The second kappa shape index (κ2) is 8.33. The molecular weight excluding hydrogens is 350 g/mol. The van der Waals surface area contributed by atoms with Gasteiger partial charge in [-0.1, -0.05) is 48.5 Å². The van der Waals surface area contributed by atoms with Gasteiger partial charge in [-0.15, -0.1) is 0 Å². The minimum absolute atomic E-state index is 0.0534. The predicted molar refractivity (Wildman–Crippen MR) is 109 cm³/mol. The Balaban J connectivity index is 1.49. The molecule has 4 rings (SSSR count). The number of morpholine rings is 1. The summed E-state index contributed by atoms with van der Waals surface area (Å²) in [6.45, 7) is 3.33. The SMILES string of the molecule is NC(=O)c1ccc(-c2cccc(C3CN(Cc4ccccc4)CCO3)n2)cc1. The molecule has 1 unspecified atom stereocenters. The van der Waals surface area contributed by atoms with Crippen LogP contribution in [0.3, 0.4) is 0 Å². The van der Waals surface area contributed by atoms with Crippen molar-refractivity contribution < 1.29 is 9.53 Å². The maximum atomic E-state index is 11.3. The zero-order valence-corrected chi connectivity index (χ0v) is 15.6. The number of hydrogen-bond donors (Lipinski definition) is 1. The van der Waals surface area contributed by atoms with Gasteiger partial charge in [0.1, 0.15) is 6.10 Å². The molecule has 0 radical (unpaired) electrons. The third kappa shape index (κ3) is 4.27. The number of pyridine rings is 1. The van der Waals surface area contributed by atoms with Gasteiger partial charge in [0, 0.05) is 30.8 Å². The molecule has 5 nitrogen and oxygen atoms in total. The van der Waals surface area contributed by atoms with E-state index < -0.39 is 5.91 Å². The molecule has 2 aromatic carbocycles. The van der Waals surface area contributed by atoms with E-state index in [0.717, 1.165) is 36.6 Å². The Hall–Kier alpha value is -3.02. The van der Waals surface area contributed by atoms with Crippen molar-refractivity contribution in [3.63, 3.8) is 0 Å². The molecule has 1 aliphatic rings. The lowest BCUT2D eigenvalue weighted by molar-refractivity contribution is -0.0349. The van der Waals surface area contributed by atoms with Gasteiger partial charge in [0.15, 0.2) is 0 Å². The van der Waals surface area contributed by atoms with Gasteiger partial charge in [0.05, 0.1) is 18.0 Å². The van der Waals surface area contributed by atoms with E-state index in [1.54, 1.807) is 12.1 Å². The summed E-state index contributed by atoms with van der Waals surface area (Å²) in [4.78, 5) is 18.5. The van der Waals surface area contributed by atoms with E-state index in [1.807, 2.05) is 36.4 Å². The third-order valence-electron chi connectivity index (χ3n) is 4.97. The fourth-order valence-corrected chi connectivity index (χ4v) is 3.46. The molecule has 0 bridgehead atoms. The van der Waals surface area contributed by atoms with Crippen molar-refractivity contribution >= 4 is 5.91 Å². The number of carbonyl (C=O) groups excluding carboxylic acids is 1. The lowest BCUT2D eigenvalue weighted by Gasteiger charge is -2.32. The van der Waals surface area contributed by atoms with Crippen LogP contribution in [0.15, 0.2) is 72.8 Å². The van der Waals surface area contributed by atoms with Crippen molar-refractivity contribution in [3.8, 4) is 11.3 Å². The van der Waals surface area contributed by atoms with Crippen LogP contribution in [0.2, 0.25) is 0 Å². The number of rotatable bonds is 5. The summed E-state index contributed by atoms with van der Waals surface area (Å²) in [5.74, 6) is -0.428. The molecule has 2 heterocycles. The summed E-state index contributed by atoms with van der Waals surface area (Å²) < 4.78 is 6.01. The lowest BCUT2D eigenvalue weighted by atomic mass is 10.1. The Morgan fingerprint density at radius 2 is 1.82 bits per heavy atom. The summed E-state index contributed by atoms with van der Waals surface area (Å²) in [6.07, 6.45) is -0.0534. The van der Waals surface area contributed by atoms with E-state index >= 15 is 0 Å². The maximum Gasteiger partial charge on any atom is 0.248 e. The quantitative estimate of drug-likeness (QED) is 0.744. The van der Waals surface area contributed by atoms with E-state index in [-0.39, 0.29) is 6.10 Å². The Morgan fingerprint density at radius 3 is 2.57 bits per heavy atom. The van der Waals surface area contributed by atoms with Gasteiger partial charge in [-0.3, -0.25) is 14.7 Å². The average Bonchev–Trinajstić information content (AvgIpc) is 2.75. The number of ether oxygens (including phenoxy) is 1. The second-order valence-electron chi connectivity index (χ2n) is 6.97. The summed E-state index contributed by atoms with van der Waals surface area (Å²) in [6, 6.07) is 23.7. The fraction of sp³-hybridized carbons (Fsp3) is 0.217. The standard InChI is InChI=1S/C23H23N3O2/c24-23(27)19-11-9-18(10-12-19)20-7-4-8-21(25-20)22-16-26(13-14-28-22)15-17-5-2-1-3-6-17/h1-12,22H,13-16H2,(H2,24,27). The highest BCUT2D eigenvalue weighted by atomic mass is 16.5. The average molecular weight is 373 g/mol. The number of nitrogens with zero attached hydrogens (tertiary/aromatic N) is 2. The number of nitrogens with two attached hydrogens (primary N) is 1. The zero-order chi connectivity index (χ0) is 19.3. The fourth-order valence-electron chi connectivity index (χ4n) is 3.46. The molecule has 0 aliphatic carbocycles. The van der Waals surface area contributed by atoms with Crippen LogP contribution in [0, 0.1) is 0 Å². The van der Waals surface area contributed by atoms with Gasteiger partial charge in [-0.2, -0.15) is 0 Å². The highest BCUT2D eigenvalue weighted by Gasteiger charge is 2.23. The Morgan fingerprint density at radius 1 is 1.04 bits per heavy atom. The van der Waals surface area contributed by atoms with Crippen molar-refractivity contribution in [2.75, 3.05) is 19.7 Å². The van der Waals surface area contributed by atoms with Crippen LogP contribution in [0.1, 0.15) is 27.7 Å². The van der Waals surface area contributed by atoms with Crippen LogP contribution >= 0.6 is 0 Å². The molecular formula is C23H23N3O2. The van der Waals surface area contributed by atoms with E-state index in [4.69, 9.17) is 15.5 Å². The molecule has 0 spiro atoms. The molecule has 1 amide bonds. The van der Waals surface area contributed by atoms with E-state index in [9.17, 15) is 4.79 Å².